The third kappa shape index (κ3) is 6.41. The van der Waals surface area contributed by atoms with E-state index in [9.17, 15) is 13.2 Å². The Morgan fingerprint density at radius 1 is 1.09 bits per heavy atom. The number of hydrogen-bond acceptors (Lipinski definition) is 7. The van der Waals surface area contributed by atoms with Crippen LogP contribution in [0.1, 0.15) is 69.6 Å². The highest BCUT2D eigenvalue weighted by molar-refractivity contribution is 7.92. The van der Waals surface area contributed by atoms with E-state index >= 15 is 0 Å². The van der Waals surface area contributed by atoms with Crippen molar-refractivity contribution < 1.29 is 22.7 Å². The van der Waals surface area contributed by atoms with Gasteiger partial charge in [0.15, 0.2) is 0 Å². The molecule has 2 heterocycles. The number of carbonyl (C=O) groups is 1. The lowest BCUT2D eigenvalue weighted by molar-refractivity contribution is -0.0160. The molecule has 2 aromatic carbocycles. The highest BCUT2D eigenvalue weighted by atomic mass is 32.2. The van der Waals surface area contributed by atoms with Crippen LogP contribution in [-0.4, -0.2) is 55.7 Å². The van der Waals surface area contributed by atoms with E-state index in [0.717, 1.165) is 41.5 Å². The molecule has 4 bridgehead atoms. The van der Waals surface area contributed by atoms with Crippen molar-refractivity contribution in [2.75, 3.05) is 25.5 Å². The maximum absolute atomic E-state index is 13.7. The normalized spacial score (nSPS) is 24.4. The molecular formula is C34H44N4O5S. The van der Waals surface area contributed by atoms with Gasteiger partial charge in [-0.3, -0.25) is 0 Å². The summed E-state index contributed by atoms with van der Waals surface area (Å²) in [5.74, 6) is 0.516. The highest BCUT2D eigenvalue weighted by Crippen LogP contribution is 2.53. The van der Waals surface area contributed by atoms with Gasteiger partial charge in [-0.25, -0.2) is 22.9 Å². The minimum atomic E-state index is -4.01. The summed E-state index contributed by atoms with van der Waals surface area (Å²) in [7, 11) is -0.836. The summed E-state index contributed by atoms with van der Waals surface area (Å²) < 4.78 is 41.6. The molecule has 0 saturated heterocycles. The Bertz CT molecular complexity index is 1640. The van der Waals surface area contributed by atoms with E-state index in [-0.39, 0.29) is 45.6 Å². The lowest BCUT2D eigenvalue weighted by atomic mass is 9.58. The van der Waals surface area contributed by atoms with Crippen LogP contribution in [0, 0.1) is 31.1 Å². The fourth-order valence-corrected chi connectivity index (χ4v) is 8.11. The molecule has 1 aromatic heterocycles. The number of nitrogens with zero attached hydrogens (tertiary/aromatic N) is 3. The molecular weight excluding hydrogens is 576 g/mol. The Labute approximate surface area is 261 Å². The van der Waals surface area contributed by atoms with Crippen LogP contribution in [-0.2, 0) is 14.8 Å². The standard InChI is InChI=1S/C34H44N4O5S/c1-21-11-9-12-22(2)29(21)27-16-28-36-31(35-27)37-44(40,41)26-14-10-13-23(15-26)30(25(20-43-28)17-33(3,4)5)24-18-34(6,19-24)38(7)32(39)42-8/h9-16,24-25,30H,17-20H2,1-8H3,(H,35,36,37)/t24?,25-,30?,34?/m1/s1. The molecule has 2 aliphatic rings. The minimum Gasteiger partial charge on any atom is -0.477 e. The second kappa shape index (κ2) is 11.7. The van der Waals surface area contributed by atoms with Gasteiger partial charge in [-0.1, -0.05) is 51.1 Å². The molecule has 236 valence electrons. The fourth-order valence-electron chi connectivity index (χ4n) is 7.11. The molecule has 2 atom stereocenters. The first-order valence-corrected chi connectivity index (χ1v) is 16.6. The van der Waals surface area contributed by atoms with Crippen molar-refractivity contribution in [3.63, 3.8) is 0 Å². The van der Waals surface area contributed by atoms with Crippen molar-refractivity contribution in [3.8, 4) is 17.1 Å². The number of ether oxygens (including phenoxy) is 2. The Kier molecular flexibility index (Phi) is 8.44. The first kappa shape index (κ1) is 31.8. The molecule has 3 aromatic rings. The van der Waals surface area contributed by atoms with Crippen molar-refractivity contribution >= 4 is 22.1 Å². The summed E-state index contributed by atoms with van der Waals surface area (Å²) >= 11 is 0. The van der Waals surface area contributed by atoms with Crippen molar-refractivity contribution in [2.45, 2.75) is 77.2 Å². The van der Waals surface area contributed by atoms with Gasteiger partial charge in [-0.15, -0.1) is 0 Å². The van der Waals surface area contributed by atoms with Crippen molar-refractivity contribution in [2.24, 2.45) is 17.3 Å². The fraction of sp³-hybridized carbons (Fsp3) is 0.500. The Morgan fingerprint density at radius 2 is 1.75 bits per heavy atom. The second-order valence-corrected chi connectivity index (χ2v) is 15.6. The van der Waals surface area contributed by atoms with Gasteiger partial charge in [0, 0.05) is 30.1 Å². The number of rotatable bonds is 4. The first-order chi connectivity index (χ1) is 20.6. The number of hydrogen-bond donors (Lipinski definition) is 1. The molecule has 5 rings (SSSR count). The van der Waals surface area contributed by atoms with Gasteiger partial charge in [0.25, 0.3) is 10.0 Å². The molecule has 9 nitrogen and oxygen atoms in total. The lowest BCUT2D eigenvalue weighted by Gasteiger charge is -2.54. The molecule has 10 heteroatoms. The predicted molar refractivity (Wildman–Crippen MR) is 171 cm³/mol. The van der Waals surface area contributed by atoms with Gasteiger partial charge < -0.3 is 14.4 Å². The molecule has 1 aliphatic heterocycles. The molecule has 1 N–H and O–H groups in total. The molecule has 1 fully saturated rings. The molecule has 0 spiro atoms. The number of nitrogens with one attached hydrogen (secondary N) is 1. The summed E-state index contributed by atoms with van der Waals surface area (Å²) in [5, 5.41) is 0. The maximum Gasteiger partial charge on any atom is 0.409 e. The van der Waals surface area contributed by atoms with Crippen molar-refractivity contribution in [3.05, 3.63) is 65.2 Å². The number of sulfonamides is 1. The molecule has 0 radical (unpaired) electrons. The van der Waals surface area contributed by atoms with Crippen LogP contribution < -0.4 is 9.46 Å². The van der Waals surface area contributed by atoms with Crippen LogP contribution in [0.25, 0.3) is 11.3 Å². The van der Waals surface area contributed by atoms with Crippen molar-refractivity contribution in [1.82, 2.24) is 14.9 Å². The Morgan fingerprint density at radius 3 is 2.39 bits per heavy atom. The number of anilines is 1. The van der Waals surface area contributed by atoms with Gasteiger partial charge in [0.1, 0.15) is 0 Å². The number of aromatic nitrogens is 2. The molecule has 1 saturated carbocycles. The van der Waals surface area contributed by atoms with Crippen LogP contribution in [0.4, 0.5) is 10.7 Å². The van der Waals surface area contributed by atoms with E-state index in [2.05, 4.69) is 42.4 Å². The number of amides is 1. The quantitative estimate of drug-likeness (QED) is 0.336. The lowest BCUT2D eigenvalue weighted by Crippen LogP contribution is -2.57. The zero-order chi connectivity index (χ0) is 32.0. The zero-order valence-electron chi connectivity index (χ0n) is 27.0. The average Bonchev–Trinajstić information content (AvgIpc) is 2.92. The number of carbonyl (C=O) groups excluding carboxylic acids is 1. The SMILES string of the molecule is COC(=O)N(C)C1(C)CC(C2c3cccc(c3)S(=O)(=O)Nc3nc(cc(-c4c(C)cccc4C)n3)OC[C@H]2CC(C)(C)C)C1. The van der Waals surface area contributed by atoms with Crippen LogP contribution >= 0.6 is 0 Å². The highest BCUT2D eigenvalue weighted by Gasteiger charge is 2.50. The van der Waals surface area contributed by atoms with Gasteiger partial charge >= 0.3 is 6.09 Å². The van der Waals surface area contributed by atoms with Crippen LogP contribution in [0.5, 0.6) is 5.88 Å². The van der Waals surface area contributed by atoms with Gasteiger partial charge in [-0.05, 0) is 86.1 Å². The molecule has 1 aliphatic carbocycles. The number of aryl methyl sites for hydroxylation is 2. The summed E-state index contributed by atoms with van der Waals surface area (Å²) in [6.07, 6.45) is 1.99. The van der Waals surface area contributed by atoms with Gasteiger partial charge in [-0.2, -0.15) is 4.98 Å². The Balaban J connectivity index is 1.61. The third-order valence-electron chi connectivity index (χ3n) is 9.22. The monoisotopic (exact) mass is 620 g/mol. The largest absolute Gasteiger partial charge is 0.477 e. The van der Waals surface area contributed by atoms with Crippen LogP contribution in [0.15, 0.2) is 53.4 Å². The van der Waals surface area contributed by atoms with E-state index in [1.165, 1.54) is 7.11 Å². The summed E-state index contributed by atoms with van der Waals surface area (Å²) in [5.41, 5.74) is 4.12. The number of benzene rings is 2. The van der Waals surface area contributed by atoms with E-state index in [1.54, 1.807) is 36.2 Å². The van der Waals surface area contributed by atoms with E-state index in [0.29, 0.717) is 18.2 Å². The summed E-state index contributed by atoms with van der Waals surface area (Å²) in [6, 6.07) is 15.0. The van der Waals surface area contributed by atoms with E-state index < -0.39 is 10.0 Å². The molecule has 44 heavy (non-hydrogen) atoms. The number of fused-ring (bicyclic) bond motifs is 4. The molecule has 1 amide bonds. The predicted octanol–water partition coefficient (Wildman–Crippen LogP) is 6.96. The maximum atomic E-state index is 13.7. The zero-order valence-corrected chi connectivity index (χ0v) is 27.8. The van der Waals surface area contributed by atoms with E-state index in [4.69, 9.17) is 9.47 Å². The van der Waals surface area contributed by atoms with Crippen LogP contribution in [0.3, 0.4) is 0 Å². The smallest absolute Gasteiger partial charge is 0.409 e. The van der Waals surface area contributed by atoms with E-state index in [1.807, 2.05) is 38.1 Å². The minimum absolute atomic E-state index is 0.0117. The van der Waals surface area contributed by atoms with Crippen LogP contribution in [0.2, 0.25) is 0 Å². The average molecular weight is 621 g/mol. The molecule has 1 unspecified atom stereocenters. The number of methoxy groups -OCH3 is 1. The van der Waals surface area contributed by atoms with Crippen molar-refractivity contribution in [1.29, 1.82) is 0 Å². The summed E-state index contributed by atoms with van der Waals surface area (Å²) in [6.45, 7) is 13.1. The second-order valence-electron chi connectivity index (χ2n) is 13.9. The first-order valence-electron chi connectivity index (χ1n) is 15.1. The van der Waals surface area contributed by atoms with Gasteiger partial charge in [0.05, 0.1) is 24.3 Å². The third-order valence-corrected chi connectivity index (χ3v) is 10.5. The van der Waals surface area contributed by atoms with Gasteiger partial charge in [0.2, 0.25) is 11.8 Å². The summed E-state index contributed by atoms with van der Waals surface area (Å²) in [4.78, 5) is 23.4. The Hall–Kier alpha value is -3.66. The topological polar surface area (TPSA) is 111 Å².